The van der Waals surface area contributed by atoms with E-state index >= 15 is 0 Å². The van der Waals surface area contributed by atoms with Crippen LogP contribution in [0.2, 0.25) is 0 Å². The third kappa shape index (κ3) is 4.23. The van der Waals surface area contributed by atoms with E-state index in [0.29, 0.717) is 18.9 Å². The summed E-state index contributed by atoms with van der Waals surface area (Å²) < 4.78 is 5.29. The summed E-state index contributed by atoms with van der Waals surface area (Å²) in [5.74, 6) is 0.328. The van der Waals surface area contributed by atoms with Crippen molar-refractivity contribution in [3.05, 3.63) is 71.3 Å². The fourth-order valence-corrected chi connectivity index (χ4v) is 1.98. The van der Waals surface area contributed by atoms with Gasteiger partial charge in [0.05, 0.1) is 6.42 Å². The van der Waals surface area contributed by atoms with Gasteiger partial charge in [0.2, 0.25) is 0 Å². The van der Waals surface area contributed by atoms with Gasteiger partial charge in [0.1, 0.15) is 6.61 Å². The molecule has 2 aromatic carbocycles. The lowest BCUT2D eigenvalue weighted by molar-refractivity contribution is -0.144. The van der Waals surface area contributed by atoms with E-state index in [1.165, 1.54) is 5.56 Å². The molecule has 0 fully saturated rings. The Hall–Kier alpha value is -2.09. The molecule has 20 heavy (non-hydrogen) atoms. The van der Waals surface area contributed by atoms with Crippen LogP contribution in [0.15, 0.2) is 54.6 Å². The van der Waals surface area contributed by atoms with Gasteiger partial charge in [-0.25, -0.2) is 0 Å². The first-order chi connectivity index (χ1) is 9.65. The Labute approximate surface area is 120 Å². The highest BCUT2D eigenvalue weighted by molar-refractivity contribution is 5.72. The summed E-state index contributed by atoms with van der Waals surface area (Å²) in [7, 11) is 0. The summed E-state index contributed by atoms with van der Waals surface area (Å²) in [6, 6.07) is 17.9. The second kappa shape index (κ2) is 6.90. The van der Waals surface area contributed by atoms with Crippen LogP contribution in [-0.2, 0) is 22.6 Å². The van der Waals surface area contributed by atoms with E-state index in [2.05, 4.69) is 26.0 Å². The first-order valence-electron chi connectivity index (χ1n) is 6.93. The molecule has 0 saturated carbocycles. The Balaban J connectivity index is 1.84. The predicted octanol–water partition coefficient (Wildman–Crippen LogP) is 4.10. The van der Waals surface area contributed by atoms with Gasteiger partial charge in [0.25, 0.3) is 0 Å². The van der Waals surface area contributed by atoms with E-state index in [4.69, 9.17) is 4.74 Å². The summed E-state index contributed by atoms with van der Waals surface area (Å²) in [6.45, 7) is 4.66. The first kappa shape index (κ1) is 14.3. The average Bonchev–Trinajstić information content (AvgIpc) is 2.46. The molecule has 0 spiro atoms. The lowest BCUT2D eigenvalue weighted by Gasteiger charge is -2.08. The molecule has 0 aliphatic carbocycles. The maximum atomic E-state index is 11.7. The maximum absolute atomic E-state index is 11.7. The molecule has 0 atom stereocenters. The quantitative estimate of drug-likeness (QED) is 0.763. The fraction of sp³-hybridized carbons (Fsp3) is 0.278. The van der Waals surface area contributed by atoms with Gasteiger partial charge in [0.15, 0.2) is 0 Å². The molecule has 0 bridgehead atoms. The number of carbonyl (C=O) groups excluding carboxylic acids is 1. The Kier molecular flexibility index (Phi) is 4.94. The lowest BCUT2D eigenvalue weighted by Crippen LogP contribution is -2.07. The van der Waals surface area contributed by atoms with Crippen molar-refractivity contribution in [1.29, 1.82) is 0 Å². The third-order valence-corrected chi connectivity index (χ3v) is 3.24. The van der Waals surface area contributed by atoms with E-state index in [9.17, 15) is 4.79 Å². The number of hydrogen-bond acceptors (Lipinski definition) is 2. The molecular formula is C18H20O2. The molecule has 104 valence electrons. The van der Waals surface area contributed by atoms with E-state index < -0.39 is 0 Å². The van der Waals surface area contributed by atoms with Crippen LogP contribution in [0.3, 0.4) is 0 Å². The molecule has 2 nitrogen and oxygen atoms in total. The Bertz CT molecular complexity index is 541. The minimum absolute atomic E-state index is 0.191. The Morgan fingerprint density at radius 2 is 1.60 bits per heavy atom. The van der Waals surface area contributed by atoms with Crippen LogP contribution in [0, 0.1) is 0 Å². The van der Waals surface area contributed by atoms with Crippen molar-refractivity contribution in [2.24, 2.45) is 0 Å². The summed E-state index contributed by atoms with van der Waals surface area (Å²) in [5, 5.41) is 0. The van der Waals surface area contributed by atoms with Crippen LogP contribution >= 0.6 is 0 Å². The first-order valence-corrected chi connectivity index (χ1v) is 6.93. The smallest absolute Gasteiger partial charge is 0.310 e. The second-order valence-corrected chi connectivity index (χ2v) is 5.22. The van der Waals surface area contributed by atoms with E-state index in [0.717, 1.165) is 11.1 Å². The highest BCUT2D eigenvalue weighted by Crippen LogP contribution is 2.15. The molecule has 0 N–H and O–H groups in total. The molecule has 0 amide bonds. The van der Waals surface area contributed by atoms with Crippen LogP contribution in [0.1, 0.15) is 36.5 Å². The maximum Gasteiger partial charge on any atom is 0.310 e. The van der Waals surface area contributed by atoms with Crippen molar-refractivity contribution in [3.8, 4) is 0 Å². The molecule has 0 heterocycles. The molecule has 2 rings (SSSR count). The molecule has 2 aromatic rings. The van der Waals surface area contributed by atoms with Crippen molar-refractivity contribution < 1.29 is 9.53 Å². The topological polar surface area (TPSA) is 26.3 Å². The Morgan fingerprint density at radius 1 is 0.950 bits per heavy atom. The highest BCUT2D eigenvalue weighted by atomic mass is 16.5. The van der Waals surface area contributed by atoms with Gasteiger partial charge in [-0.2, -0.15) is 0 Å². The molecule has 0 radical (unpaired) electrons. The highest BCUT2D eigenvalue weighted by Gasteiger charge is 2.05. The van der Waals surface area contributed by atoms with Crippen molar-refractivity contribution in [3.63, 3.8) is 0 Å². The molecule has 2 heteroatoms. The predicted molar refractivity (Wildman–Crippen MR) is 80.5 cm³/mol. The molecule has 0 aromatic heterocycles. The monoisotopic (exact) mass is 268 g/mol. The second-order valence-electron chi connectivity index (χ2n) is 5.22. The van der Waals surface area contributed by atoms with Crippen LogP contribution < -0.4 is 0 Å². The van der Waals surface area contributed by atoms with Crippen LogP contribution in [0.25, 0.3) is 0 Å². The molecule has 0 saturated heterocycles. The summed E-state index contributed by atoms with van der Waals surface area (Å²) in [4.78, 5) is 11.7. The number of ether oxygens (including phenoxy) is 1. The normalized spacial score (nSPS) is 10.6. The van der Waals surface area contributed by atoms with Gasteiger partial charge in [-0.1, -0.05) is 68.4 Å². The zero-order chi connectivity index (χ0) is 14.4. The number of hydrogen-bond donors (Lipinski definition) is 0. The number of benzene rings is 2. The minimum atomic E-state index is -0.191. The van der Waals surface area contributed by atoms with Gasteiger partial charge >= 0.3 is 5.97 Å². The van der Waals surface area contributed by atoms with Crippen LogP contribution in [0.4, 0.5) is 0 Å². The fourth-order valence-electron chi connectivity index (χ4n) is 1.98. The molecule has 0 aliphatic heterocycles. The van der Waals surface area contributed by atoms with Gasteiger partial charge in [-0.15, -0.1) is 0 Å². The lowest BCUT2D eigenvalue weighted by atomic mass is 10.0. The van der Waals surface area contributed by atoms with Gasteiger partial charge in [-0.05, 0) is 22.6 Å². The SMILES string of the molecule is CC(C)c1ccc(COC(=O)Cc2ccccc2)cc1. The van der Waals surface area contributed by atoms with Gasteiger partial charge in [-0.3, -0.25) is 4.79 Å². The zero-order valence-electron chi connectivity index (χ0n) is 12.0. The average molecular weight is 268 g/mol. The third-order valence-electron chi connectivity index (χ3n) is 3.24. The van der Waals surface area contributed by atoms with Crippen molar-refractivity contribution in [2.45, 2.75) is 32.8 Å². The summed E-state index contributed by atoms with van der Waals surface area (Å²) in [6.07, 6.45) is 0.324. The van der Waals surface area contributed by atoms with Crippen molar-refractivity contribution >= 4 is 5.97 Å². The van der Waals surface area contributed by atoms with Crippen LogP contribution in [0.5, 0.6) is 0 Å². The number of rotatable bonds is 5. The van der Waals surface area contributed by atoms with Crippen molar-refractivity contribution in [1.82, 2.24) is 0 Å². The summed E-state index contributed by atoms with van der Waals surface area (Å²) in [5.41, 5.74) is 3.30. The molecule has 0 aliphatic rings. The van der Waals surface area contributed by atoms with Crippen LogP contribution in [-0.4, -0.2) is 5.97 Å². The van der Waals surface area contributed by atoms with Gasteiger partial charge in [0, 0.05) is 0 Å². The van der Waals surface area contributed by atoms with E-state index in [-0.39, 0.29) is 5.97 Å². The molecule has 0 unspecified atom stereocenters. The number of esters is 1. The van der Waals surface area contributed by atoms with E-state index in [1.807, 2.05) is 42.5 Å². The number of carbonyl (C=O) groups is 1. The molecular weight excluding hydrogens is 248 g/mol. The minimum Gasteiger partial charge on any atom is -0.461 e. The van der Waals surface area contributed by atoms with Gasteiger partial charge < -0.3 is 4.74 Å². The standard InChI is InChI=1S/C18H20O2/c1-14(2)17-10-8-16(9-11-17)13-20-18(19)12-15-6-4-3-5-7-15/h3-11,14H,12-13H2,1-2H3. The van der Waals surface area contributed by atoms with E-state index in [1.54, 1.807) is 0 Å². The Morgan fingerprint density at radius 3 is 2.20 bits per heavy atom. The summed E-state index contributed by atoms with van der Waals surface area (Å²) >= 11 is 0. The van der Waals surface area contributed by atoms with Crippen molar-refractivity contribution in [2.75, 3.05) is 0 Å². The zero-order valence-corrected chi connectivity index (χ0v) is 12.0. The largest absolute Gasteiger partial charge is 0.461 e.